The highest BCUT2D eigenvalue weighted by atomic mass is 32.2. The van der Waals surface area contributed by atoms with Gasteiger partial charge in [0, 0.05) is 31.3 Å². The van der Waals surface area contributed by atoms with Crippen LogP contribution in [0.5, 0.6) is 0 Å². The van der Waals surface area contributed by atoms with E-state index in [0.29, 0.717) is 18.4 Å². The van der Waals surface area contributed by atoms with Gasteiger partial charge in [-0.05, 0) is 71.3 Å². The van der Waals surface area contributed by atoms with Crippen molar-refractivity contribution in [2.24, 2.45) is 11.8 Å². The fraction of sp³-hybridized carbons (Fsp3) is 0.727. The Morgan fingerprint density at radius 2 is 1.61 bits per heavy atom. The molecule has 6 atom stereocenters. The molecule has 1 aromatic carbocycles. The van der Waals surface area contributed by atoms with E-state index in [9.17, 15) is 27.9 Å². The lowest BCUT2D eigenvalue weighted by Crippen LogP contribution is -2.64. The third kappa shape index (κ3) is 9.50. The highest BCUT2D eigenvalue weighted by Crippen LogP contribution is 2.39. The van der Waals surface area contributed by atoms with Gasteiger partial charge in [0.05, 0.1) is 22.9 Å². The fourth-order valence-corrected chi connectivity index (χ4v) is 7.04. The van der Waals surface area contributed by atoms with E-state index in [-0.39, 0.29) is 25.3 Å². The molecule has 4 N–H and O–H groups in total. The molecule has 0 radical (unpaired) electrons. The van der Waals surface area contributed by atoms with Crippen LogP contribution in [0.2, 0.25) is 0 Å². The largest absolute Gasteiger partial charge is 0.390 e. The van der Waals surface area contributed by atoms with Crippen LogP contribution in [0.25, 0.3) is 0 Å². The summed E-state index contributed by atoms with van der Waals surface area (Å²) in [6.45, 7) is 11.2. The van der Waals surface area contributed by atoms with Crippen LogP contribution in [0.15, 0.2) is 30.3 Å². The first-order chi connectivity index (χ1) is 20.4. The minimum Gasteiger partial charge on any atom is -0.390 e. The lowest BCUT2D eigenvalue weighted by molar-refractivity contribution is -0.133. The molecule has 0 aromatic heterocycles. The van der Waals surface area contributed by atoms with Crippen LogP contribution in [-0.4, -0.2) is 90.0 Å². The van der Waals surface area contributed by atoms with Crippen LogP contribution in [0.4, 0.5) is 0 Å². The second kappa shape index (κ2) is 14.7. The quantitative estimate of drug-likeness (QED) is 0.277. The summed E-state index contributed by atoms with van der Waals surface area (Å²) >= 11 is 0. The summed E-state index contributed by atoms with van der Waals surface area (Å²) in [6.07, 6.45) is 5.57. The number of nitrogens with one attached hydrogen (secondary N) is 3. The Balaban J connectivity index is 1.91. The van der Waals surface area contributed by atoms with Crippen LogP contribution in [0.1, 0.15) is 85.6 Å². The maximum atomic E-state index is 13.8. The highest BCUT2D eigenvalue weighted by molar-refractivity contribution is 7.92. The number of amides is 3. The van der Waals surface area contributed by atoms with Gasteiger partial charge in [-0.3, -0.25) is 19.3 Å². The van der Waals surface area contributed by atoms with Crippen LogP contribution in [-0.2, 0) is 30.6 Å². The molecule has 2 fully saturated rings. The van der Waals surface area contributed by atoms with Gasteiger partial charge < -0.3 is 21.1 Å². The van der Waals surface area contributed by atoms with Crippen molar-refractivity contribution >= 4 is 27.6 Å². The summed E-state index contributed by atoms with van der Waals surface area (Å²) in [5.41, 5.74) is 0.472. The predicted octanol–water partition coefficient (Wildman–Crippen LogP) is 2.59. The van der Waals surface area contributed by atoms with Crippen molar-refractivity contribution in [3.05, 3.63) is 35.9 Å². The van der Waals surface area contributed by atoms with Crippen molar-refractivity contribution in [2.45, 2.75) is 121 Å². The third-order valence-electron chi connectivity index (χ3n) is 9.35. The summed E-state index contributed by atoms with van der Waals surface area (Å²) in [6, 6.07) is 6.83. The molecule has 10 nitrogen and oxygen atoms in total. The number of carbonyl (C=O) groups is 3. The number of sulfone groups is 1. The monoisotopic (exact) mass is 634 g/mol. The number of hydrogen-bond acceptors (Lipinski definition) is 7. The Kier molecular flexibility index (Phi) is 12.0. The van der Waals surface area contributed by atoms with E-state index in [0.717, 1.165) is 37.5 Å². The summed E-state index contributed by atoms with van der Waals surface area (Å²) < 4.78 is 23.9. The van der Waals surface area contributed by atoms with E-state index in [2.05, 4.69) is 20.9 Å². The van der Waals surface area contributed by atoms with Gasteiger partial charge in [0.1, 0.15) is 6.04 Å². The van der Waals surface area contributed by atoms with Crippen molar-refractivity contribution < 1.29 is 27.9 Å². The molecule has 2 unspecified atom stereocenters. The zero-order chi connectivity index (χ0) is 32.9. The number of benzene rings is 1. The standard InChI is InChI=1S/C33H54N4O6S/c1-8-28(39)35-29(33(5,6)44(7,42)43)31(41)34-25(18-22-14-10-9-11-15-22)27(38)21-37-20-24-17-13-12-16-23(24)19-26(37)30(40)36-32(2,3)4/h9-11,14-15,23-27,29,38H,8,12-13,16-21H2,1-7H3,(H,34,41)(H,35,39)(H,36,40)/t23?,24?,25-,26-,27+,29+/m0/s1. The van der Waals surface area contributed by atoms with Gasteiger partial charge in [-0.2, -0.15) is 0 Å². The van der Waals surface area contributed by atoms with Crippen molar-refractivity contribution in [2.75, 3.05) is 19.3 Å². The number of piperidine rings is 1. The van der Waals surface area contributed by atoms with Crippen LogP contribution in [0.3, 0.4) is 0 Å². The summed E-state index contributed by atoms with van der Waals surface area (Å²) in [5, 5.41) is 20.4. The molecule has 1 saturated carbocycles. The molecule has 1 saturated heterocycles. The van der Waals surface area contributed by atoms with Crippen LogP contribution < -0.4 is 16.0 Å². The molecule has 3 amide bonds. The zero-order valence-corrected chi connectivity index (χ0v) is 28.4. The van der Waals surface area contributed by atoms with Gasteiger partial charge in [-0.1, -0.05) is 56.5 Å². The van der Waals surface area contributed by atoms with E-state index in [1.54, 1.807) is 6.92 Å². The Morgan fingerprint density at radius 1 is 1.00 bits per heavy atom. The van der Waals surface area contributed by atoms with Crippen molar-refractivity contribution in [3.63, 3.8) is 0 Å². The lowest BCUT2D eigenvalue weighted by Gasteiger charge is -2.47. The van der Waals surface area contributed by atoms with E-state index >= 15 is 0 Å². The maximum absolute atomic E-state index is 13.8. The Morgan fingerprint density at radius 3 is 2.18 bits per heavy atom. The van der Waals surface area contributed by atoms with Crippen molar-refractivity contribution in [1.82, 2.24) is 20.9 Å². The molecule has 3 rings (SSSR count). The first-order valence-electron chi connectivity index (χ1n) is 16.0. The molecule has 11 heteroatoms. The first-order valence-corrected chi connectivity index (χ1v) is 17.9. The number of aliphatic hydroxyl groups excluding tert-OH is 1. The van der Waals surface area contributed by atoms with E-state index in [1.807, 2.05) is 51.1 Å². The van der Waals surface area contributed by atoms with Gasteiger partial charge >= 0.3 is 0 Å². The molecule has 0 spiro atoms. The molecular formula is C33H54N4O6S. The predicted molar refractivity (Wildman–Crippen MR) is 173 cm³/mol. The second-order valence-corrected chi connectivity index (χ2v) is 16.9. The highest BCUT2D eigenvalue weighted by Gasteiger charge is 2.46. The number of hydrogen-bond donors (Lipinski definition) is 4. The summed E-state index contributed by atoms with van der Waals surface area (Å²) in [4.78, 5) is 41.8. The number of nitrogens with zero attached hydrogens (tertiary/aromatic N) is 1. The number of rotatable bonds is 12. The smallest absolute Gasteiger partial charge is 0.244 e. The van der Waals surface area contributed by atoms with Crippen LogP contribution >= 0.6 is 0 Å². The van der Waals surface area contributed by atoms with Gasteiger partial charge in [0.2, 0.25) is 17.7 Å². The van der Waals surface area contributed by atoms with Crippen molar-refractivity contribution in [3.8, 4) is 0 Å². The zero-order valence-electron chi connectivity index (χ0n) is 27.6. The fourth-order valence-electron chi connectivity index (χ4n) is 6.44. The lowest BCUT2D eigenvalue weighted by atomic mass is 9.72. The minimum absolute atomic E-state index is 0.0605. The molecule has 1 aliphatic heterocycles. The average Bonchev–Trinajstić information content (AvgIpc) is 2.93. The van der Waals surface area contributed by atoms with Gasteiger partial charge in [0.15, 0.2) is 9.84 Å². The molecule has 2 aliphatic rings. The van der Waals surface area contributed by atoms with Crippen molar-refractivity contribution in [1.29, 1.82) is 0 Å². The number of carbonyl (C=O) groups excluding carboxylic acids is 3. The molecule has 44 heavy (non-hydrogen) atoms. The number of likely N-dealkylation sites (tertiary alicyclic amines) is 1. The number of β-amino-alcohol motifs (C(OH)–C–C–N with tert-alkyl or cyclic N) is 1. The normalized spacial score (nSPS) is 23.5. The molecule has 1 aromatic rings. The SMILES string of the molecule is CCC(=O)N[C@H](C(=O)N[C@@H](Cc1ccccc1)[C@H](O)CN1CC2CCCCC2C[C@H]1C(=O)NC(C)(C)C)C(C)(C)S(C)(=O)=O. The molecule has 1 aliphatic carbocycles. The first kappa shape index (κ1) is 36.0. The van der Waals surface area contributed by atoms with E-state index < -0.39 is 56.2 Å². The molecular weight excluding hydrogens is 580 g/mol. The third-order valence-corrected chi connectivity index (χ3v) is 11.5. The minimum atomic E-state index is -3.77. The topological polar surface area (TPSA) is 145 Å². The molecule has 248 valence electrons. The Hall–Kier alpha value is -2.50. The second-order valence-electron chi connectivity index (χ2n) is 14.4. The summed E-state index contributed by atoms with van der Waals surface area (Å²) in [5.74, 6) is -0.287. The Bertz CT molecular complexity index is 1250. The number of fused-ring (bicyclic) bond motifs is 1. The van der Waals surface area contributed by atoms with Gasteiger partial charge in [-0.15, -0.1) is 0 Å². The van der Waals surface area contributed by atoms with Crippen LogP contribution in [0, 0.1) is 11.8 Å². The summed E-state index contributed by atoms with van der Waals surface area (Å²) in [7, 11) is -3.77. The van der Waals surface area contributed by atoms with E-state index in [4.69, 9.17) is 0 Å². The maximum Gasteiger partial charge on any atom is 0.244 e. The number of aliphatic hydroxyl groups is 1. The Labute approximate surface area is 264 Å². The molecule has 1 heterocycles. The van der Waals surface area contributed by atoms with Gasteiger partial charge in [-0.25, -0.2) is 8.42 Å². The molecule has 0 bridgehead atoms. The van der Waals surface area contributed by atoms with Gasteiger partial charge in [0.25, 0.3) is 0 Å². The van der Waals surface area contributed by atoms with E-state index in [1.165, 1.54) is 20.3 Å². The average molecular weight is 635 g/mol.